The van der Waals surface area contributed by atoms with Gasteiger partial charge in [0, 0.05) is 18.0 Å². The van der Waals surface area contributed by atoms with Crippen LogP contribution in [0.1, 0.15) is 18.1 Å². The molecule has 1 aromatic heterocycles. The van der Waals surface area contributed by atoms with Crippen LogP contribution in [0, 0.1) is 0 Å². The Balaban J connectivity index is 1.59. The molecular weight excluding hydrogens is 465 g/mol. The van der Waals surface area contributed by atoms with Crippen molar-refractivity contribution < 1.29 is 22.7 Å². The molecule has 0 N–H and O–H groups in total. The molecule has 0 saturated heterocycles. The molecule has 0 fully saturated rings. The third-order valence-corrected chi connectivity index (χ3v) is 5.25. The molecule has 0 bridgehead atoms. The van der Waals surface area contributed by atoms with Gasteiger partial charge in [0.1, 0.15) is 10.1 Å². The van der Waals surface area contributed by atoms with E-state index in [4.69, 9.17) is 0 Å². The van der Waals surface area contributed by atoms with Crippen molar-refractivity contribution in [2.45, 2.75) is 24.2 Å². The fraction of sp³-hybridized carbons (Fsp3) is 0.200. The normalized spacial score (nSPS) is 19.3. The summed E-state index contributed by atoms with van der Waals surface area (Å²) in [6.07, 6.45) is -1.58. The Kier molecular flexibility index (Phi) is 4.97. The predicted molar refractivity (Wildman–Crippen MR) is 107 cm³/mol. The van der Waals surface area contributed by atoms with Crippen LogP contribution in [-0.2, 0) is 11.3 Å². The molecule has 3 aromatic rings. The second kappa shape index (κ2) is 7.35. The van der Waals surface area contributed by atoms with E-state index in [9.17, 15) is 18.0 Å². The molecule has 1 unspecified atom stereocenters. The lowest BCUT2D eigenvalue weighted by Crippen LogP contribution is -2.38. The molecule has 1 aliphatic rings. The van der Waals surface area contributed by atoms with Gasteiger partial charge in [-0.1, -0.05) is 34.1 Å². The summed E-state index contributed by atoms with van der Waals surface area (Å²) < 4.78 is 39.7. The first-order chi connectivity index (χ1) is 14.1. The van der Waals surface area contributed by atoms with Crippen LogP contribution in [0.4, 0.5) is 13.2 Å². The van der Waals surface area contributed by atoms with E-state index in [2.05, 4.69) is 35.7 Å². The summed E-state index contributed by atoms with van der Waals surface area (Å²) in [5.74, 6) is -0.613. The largest absolute Gasteiger partial charge is 0.573 e. The van der Waals surface area contributed by atoms with E-state index in [0.717, 1.165) is 5.52 Å². The fourth-order valence-electron chi connectivity index (χ4n) is 3.12. The lowest BCUT2D eigenvalue weighted by atomic mass is 9.98. The summed E-state index contributed by atoms with van der Waals surface area (Å²) >= 11 is 3.47. The Hall–Kier alpha value is -3.01. The Morgan fingerprint density at radius 1 is 1.07 bits per heavy atom. The number of aromatic nitrogens is 2. The molecule has 0 radical (unpaired) electrons. The zero-order valence-electron chi connectivity index (χ0n) is 15.5. The highest BCUT2D eigenvalue weighted by molar-refractivity contribution is 9.10. The Bertz CT molecular complexity index is 1150. The number of hydrogen-bond acceptors (Lipinski definition) is 5. The van der Waals surface area contributed by atoms with Gasteiger partial charge >= 0.3 is 6.36 Å². The van der Waals surface area contributed by atoms with Crippen LogP contribution in [0.3, 0.4) is 0 Å². The summed E-state index contributed by atoms with van der Waals surface area (Å²) in [5, 5.41) is 5.75. The van der Waals surface area contributed by atoms with Crippen molar-refractivity contribution in [3.05, 3.63) is 66.0 Å². The van der Waals surface area contributed by atoms with Gasteiger partial charge in [-0.15, -0.1) is 13.2 Å². The molecule has 154 valence electrons. The highest BCUT2D eigenvalue weighted by Crippen LogP contribution is 2.34. The number of hydrogen-bond donors (Lipinski definition) is 0. The van der Waals surface area contributed by atoms with E-state index in [0.29, 0.717) is 22.4 Å². The van der Waals surface area contributed by atoms with Crippen LogP contribution in [0.5, 0.6) is 5.75 Å². The highest BCUT2D eigenvalue weighted by atomic mass is 79.9. The third-order valence-electron chi connectivity index (χ3n) is 4.53. The van der Waals surface area contributed by atoms with E-state index >= 15 is 0 Å². The number of fused-ring (bicyclic) bond motifs is 1. The maximum Gasteiger partial charge on any atom is 0.573 e. The molecular formula is C20H14BrF3N4O2. The SMILES string of the molecule is CC1(Br)C(=O)N(Cc2ccc(OC(F)(F)F)cc2)N=C1c1ccc2nccnc2c1. The quantitative estimate of drug-likeness (QED) is 0.520. The second-order valence-corrected chi connectivity index (χ2v) is 8.35. The molecule has 0 spiro atoms. The van der Waals surface area contributed by atoms with Crippen molar-refractivity contribution in [1.29, 1.82) is 0 Å². The molecule has 0 aliphatic carbocycles. The minimum absolute atomic E-state index is 0.100. The monoisotopic (exact) mass is 478 g/mol. The zero-order valence-corrected chi connectivity index (χ0v) is 17.1. The third kappa shape index (κ3) is 4.00. The van der Waals surface area contributed by atoms with Crippen LogP contribution in [0.2, 0.25) is 0 Å². The van der Waals surface area contributed by atoms with Gasteiger partial charge in [0.25, 0.3) is 5.91 Å². The minimum atomic E-state index is -4.76. The smallest absolute Gasteiger partial charge is 0.406 e. The molecule has 30 heavy (non-hydrogen) atoms. The summed E-state index contributed by atoms with van der Waals surface area (Å²) in [4.78, 5) is 21.4. The zero-order chi connectivity index (χ0) is 21.5. The van der Waals surface area contributed by atoms with Crippen LogP contribution in [0.15, 0.2) is 60.0 Å². The molecule has 10 heteroatoms. The number of halogens is 4. The number of amides is 1. The van der Waals surface area contributed by atoms with Gasteiger partial charge < -0.3 is 4.74 Å². The average molecular weight is 479 g/mol. The number of carbonyl (C=O) groups is 1. The number of alkyl halides is 4. The summed E-state index contributed by atoms with van der Waals surface area (Å²) in [6, 6.07) is 10.7. The number of benzene rings is 2. The maximum atomic E-state index is 12.9. The second-order valence-electron chi connectivity index (χ2n) is 6.77. The Labute approximate surface area is 177 Å². The van der Waals surface area contributed by atoms with Crippen molar-refractivity contribution in [3.8, 4) is 5.75 Å². The van der Waals surface area contributed by atoms with Crippen molar-refractivity contribution in [3.63, 3.8) is 0 Å². The molecule has 1 atom stereocenters. The standard InChI is InChI=1S/C20H14BrF3N4O2/c1-19(21)17(13-4-7-15-16(10-13)26-9-8-25-15)27-28(18(19)29)11-12-2-5-14(6-3-12)30-20(22,23)24/h2-10H,11H2,1H3. The van der Waals surface area contributed by atoms with Crippen LogP contribution < -0.4 is 4.74 Å². The number of rotatable bonds is 4. The number of carbonyl (C=O) groups excluding carboxylic acids is 1. The predicted octanol–water partition coefficient (Wildman–Crippen LogP) is 4.43. The van der Waals surface area contributed by atoms with E-state index in [1.807, 2.05) is 6.07 Å². The van der Waals surface area contributed by atoms with Gasteiger partial charge in [0.2, 0.25) is 0 Å². The molecule has 6 nitrogen and oxygen atoms in total. The van der Waals surface area contributed by atoms with Gasteiger partial charge in [-0.05, 0) is 36.8 Å². The molecule has 2 heterocycles. The molecule has 1 aliphatic heterocycles. The highest BCUT2D eigenvalue weighted by Gasteiger charge is 2.45. The maximum absolute atomic E-state index is 12.9. The first-order valence-corrected chi connectivity index (χ1v) is 9.58. The van der Waals surface area contributed by atoms with E-state index in [-0.39, 0.29) is 18.2 Å². The van der Waals surface area contributed by atoms with Crippen molar-refractivity contribution >= 4 is 38.6 Å². The number of hydrazone groups is 1. The summed E-state index contributed by atoms with van der Waals surface area (Å²) in [5.41, 5.74) is 3.23. The Morgan fingerprint density at radius 2 is 1.73 bits per heavy atom. The van der Waals surface area contributed by atoms with Gasteiger partial charge in [-0.3, -0.25) is 14.8 Å². The van der Waals surface area contributed by atoms with E-state index < -0.39 is 10.7 Å². The van der Waals surface area contributed by atoms with Crippen molar-refractivity contribution in [1.82, 2.24) is 15.0 Å². The number of ether oxygens (including phenoxy) is 1. The first kappa shape index (κ1) is 20.3. The van der Waals surface area contributed by atoms with E-state index in [1.165, 1.54) is 29.3 Å². The Morgan fingerprint density at radius 3 is 2.40 bits per heavy atom. The topological polar surface area (TPSA) is 67.7 Å². The fourth-order valence-corrected chi connectivity index (χ4v) is 3.63. The average Bonchev–Trinajstić information content (AvgIpc) is 2.91. The van der Waals surface area contributed by atoms with Gasteiger partial charge in [-0.2, -0.15) is 5.10 Å². The van der Waals surface area contributed by atoms with Gasteiger partial charge in [0.05, 0.1) is 23.3 Å². The van der Waals surface area contributed by atoms with Gasteiger partial charge in [0.15, 0.2) is 0 Å². The van der Waals surface area contributed by atoms with Crippen LogP contribution in [-0.4, -0.2) is 37.3 Å². The van der Waals surface area contributed by atoms with Crippen LogP contribution in [0.25, 0.3) is 11.0 Å². The first-order valence-electron chi connectivity index (χ1n) is 8.79. The molecule has 0 saturated carbocycles. The summed E-state index contributed by atoms with van der Waals surface area (Å²) in [6.45, 7) is 1.80. The minimum Gasteiger partial charge on any atom is -0.406 e. The van der Waals surface area contributed by atoms with Gasteiger partial charge in [-0.25, -0.2) is 5.01 Å². The number of nitrogens with zero attached hydrogens (tertiary/aromatic N) is 4. The van der Waals surface area contributed by atoms with Crippen molar-refractivity contribution in [2.75, 3.05) is 0 Å². The molecule has 4 rings (SSSR count). The van der Waals surface area contributed by atoms with Crippen LogP contribution >= 0.6 is 15.9 Å². The molecule has 2 aromatic carbocycles. The van der Waals surface area contributed by atoms with E-state index in [1.54, 1.807) is 31.5 Å². The lowest BCUT2D eigenvalue weighted by molar-refractivity contribution is -0.274. The lowest BCUT2D eigenvalue weighted by Gasteiger charge is -2.18. The van der Waals surface area contributed by atoms with Crippen molar-refractivity contribution in [2.24, 2.45) is 5.10 Å². The molecule has 1 amide bonds. The summed E-state index contributed by atoms with van der Waals surface area (Å²) in [7, 11) is 0.